The van der Waals surface area contributed by atoms with Crippen LogP contribution in [-0.4, -0.2) is 11.7 Å². The standard InChI is InChI=1S/C12H26O/c1-4-5-6-7-8-9-12(10-13)11(2)3/h11-13H,4-10H2,1-3H3. The first-order chi connectivity index (χ1) is 6.22. The average molecular weight is 186 g/mol. The molecule has 80 valence electrons. The van der Waals surface area contributed by atoms with Gasteiger partial charge in [0.2, 0.25) is 0 Å². The molecule has 1 nitrogen and oxygen atoms in total. The molecule has 1 unspecified atom stereocenters. The van der Waals surface area contributed by atoms with E-state index in [0.29, 0.717) is 18.4 Å². The van der Waals surface area contributed by atoms with E-state index in [4.69, 9.17) is 5.11 Å². The predicted molar refractivity (Wildman–Crippen MR) is 58.8 cm³/mol. The molecular formula is C12H26O. The summed E-state index contributed by atoms with van der Waals surface area (Å²) in [6.45, 7) is 7.01. The van der Waals surface area contributed by atoms with E-state index >= 15 is 0 Å². The Bertz CT molecular complexity index is 99.3. The Kier molecular flexibility index (Phi) is 8.53. The molecule has 0 aromatic rings. The van der Waals surface area contributed by atoms with Crippen LogP contribution >= 0.6 is 0 Å². The Morgan fingerprint density at radius 2 is 1.62 bits per heavy atom. The highest BCUT2D eigenvalue weighted by Gasteiger charge is 2.10. The fourth-order valence-corrected chi connectivity index (χ4v) is 1.65. The Hall–Kier alpha value is -0.0400. The maximum atomic E-state index is 9.10. The second-order valence-electron chi connectivity index (χ2n) is 4.39. The predicted octanol–water partition coefficient (Wildman–Crippen LogP) is 3.61. The molecule has 0 saturated carbocycles. The smallest absolute Gasteiger partial charge is 0.0461 e. The summed E-state index contributed by atoms with van der Waals surface area (Å²) in [5, 5.41) is 9.10. The Balaban J connectivity index is 3.28. The lowest BCUT2D eigenvalue weighted by Gasteiger charge is -2.17. The molecule has 1 atom stereocenters. The Morgan fingerprint density at radius 1 is 1.00 bits per heavy atom. The van der Waals surface area contributed by atoms with Crippen molar-refractivity contribution in [1.82, 2.24) is 0 Å². The maximum Gasteiger partial charge on any atom is 0.0461 e. The molecule has 1 heteroatoms. The monoisotopic (exact) mass is 186 g/mol. The first kappa shape index (κ1) is 13.0. The lowest BCUT2D eigenvalue weighted by atomic mass is 9.91. The zero-order valence-corrected chi connectivity index (χ0v) is 9.55. The van der Waals surface area contributed by atoms with Crippen molar-refractivity contribution >= 4 is 0 Å². The van der Waals surface area contributed by atoms with E-state index in [1.165, 1.54) is 38.5 Å². The zero-order chi connectivity index (χ0) is 10.1. The van der Waals surface area contributed by atoms with E-state index in [2.05, 4.69) is 20.8 Å². The van der Waals surface area contributed by atoms with Crippen LogP contribution in [0.3, 0.4) is 0 Å². The van der Waals surface area contributed by atoms with Crippen molar-refractivity contribution < 1.29 is 5.11 Å². The van der Waals surface area contributed by atoms with E-state index in [-0.39, 0.29) is 0 Å². The summed E-state index contributed by atoms with van der Waals surface area (Å²) in [5.74, 6) is 1.16. The van der Waals surface area contributed by atoms with E-state index in [9.17, 15) is 0 Å². The van der Waals surface area contributed by atoms with E-state index < -0.39 is 0 Å². The minimum Gasteiger partial charge on any atom is -0.396 e. The number of hydrogen-bond acceptors (Lipinski definition) is 1. The van der Waals surface area contributed by atoms with Crippen LogP contribution in [0.4, 0.5) is 0 Å². The maximum absolute atomic E-state index is 9.10. The third-order valence-electron chi connectivity index (χ3n) is 2.86. The van der Waals surface area contributed by atoms with Crippen LogP contribution in [0.1, 0.15) is 59.3 Å². The summed E-state index contributed by atoms with van der Waals surface area (Å²) in [6, 6.07) is 0. The van der Waals surface area contributed by atoms with Gasteiger partial charge in [0.25, 0.3) is 0 Å². The molecule has 0 saturated heterocycles. The van der Waals surface area contributed by atoms with Gasteiger partial charge in [-0.3, -0.25) is 0 Å². The molecule has 0 aromatic heterocycles. The number of rotatable bonds is 8. The van der Waals surface area contributed by atoms with Gasteiger partial charge in [-0.15, -0.1) is 0 Å². The SMILES string of the molecule is CCCCCCCC(CO)C(C)C. The van der Waals surface area contributed by atoms with Gasteiger partial charge in [0.1, 0.15) is 0 Å². The van der Waals surface area contributed by atoms with Crippen molar-refractivity contribution in [1.29, 1.82) is 0 Å². The Morgan fingerprint density at radius 3 is 2.08 bits per heavy atom. The summed E-state index contributed by atoms with van der Waals surface area (Å²) in [4.78, 5) is 0. The molecule has 0 spiro atoms. The molecule has 0 amide bonds. The minimum absolute atomic E-state index is 0.367. The largest absolute Gasteiger partial charge is 0.396 e. The van der Waals surface area contributed by atoms with Crippen molar-refractivity contribution in [3.63, 3.8) is 0 Å². The van der Waals surface area contributed by atoms with E-state index in [0.717, 1.165) is 0 Å². The van der Waals surface area contributed by atoms with Gasteiger partial charge in [0.05, 0.1) is 0 Å². The molecular weight excluding hydrogens is 160 g/mol. The second kappa shape index (κ2) is 8.55. The summed E-state index contributed by atoms with van der Waals surface area (Å²) in [7, 11) is 0. The molecule has 0 rings (SSSR count). The summed E-state index contributed by atoms with van der Waals surface area (Å²) >= 11 is 0. The van der Waals surface area contributed by atoms with Gasteiger partial charge in [-0.25, -0.2) is 0 Å². The number of aliphatic hydroxyl groups is 1. The molecule has 0 aromatic carbocycles. The normalized spacial score (nSPS) is 13.6. The average Bonchev–Trinajstić information content (AvgIpc) is 2.10. The van der Waals surface area contributed by atoms with Crippen LogP contribution < -0.4 is 0 Å². The highest BCUT2D eigenvalue weighted by Crippen LogP contribution is 2.18. The molecule has 0 aliphatic carbocycles. The summed E-state index contributed by atoms with van der Waals surface area (Å²) in [6.07, 6.45) is 7.89. The number of aliphatic hydroxyl groups excluding tert-OH is 1. The zero-order valence-electron chi connectivity index (χ0n) is 9.55. The molecule has 0 radical (unpaired) electrons. The van der Waals surface area contributed by atoms with Crippen LogP contribution in [0.5, 0.6) is 0 Å². The van der Waals surface area contributed by atoms with Crippen molar-refractivity contribution in [2.45, 2.75) is 59.3 Å². The fraction of sp³-hybridized carbons (Fsp3) is 1.00. The molecule has 0 aliphatic rings. The molecule has 13 heavy (non-hydrogen) atoms. The van der Waals surface area contributed by atoms with Crippen molar-refractivity contribution in [2.75, 3.05) is 6.61 Å². The Labute approximate surface area is 83.5 Å². The molecule has 0 fully saturated rings. The van der Waals surface area contributed by atoms with Crippen LogP contribution in [0.15, 0.2) is 0 Å². The second-order valence-corrected chi connectivity index (χ2v) is 4.39. The van der Waals surface area contributed by atoms with Crippen LogP contribution in [-0.2, 0) is 0 Å². The van der Waals surface area contributed by atoms with Gasteiger partial charge in [0, 0.05) is 6.61 Å². The van der Waals surface area contributed by atoms with Gasteiger partial charge in [-0.2, -0.15) is 0 Å². The van der Waals surface area contributed by atoms with Gasteiger partial charge in [0.15, 0.2) is 0 Å². The first-order valence-corrected chi connectivity index (χ1v) is 5.83. The lowest BCUT2D eigenvalue weighted by Crippen LogP contribution is -2.13. The van der Waals surface area contributed by atoms with E-state index in [1.54, 1.807) is 0 Å². The molecule has 0 heterocycles. The quantitative estimate of drug-likeness (QED) is 0.574. The van der Waals surface area contributed by atoms with E-state index in [1.807, 2.05) is 0 Å². The van der Waals surface area contributed by atoms with Gasteiger partial charge in [-0.05, 0) is 18.3 Å². The fourth-order valence-electron chi connectivity index (χ4n) is 1.65. The number of hydrogen-bond donors (Lipinski definition) is 1. The highest BCUT2D eigenvalue weighted by atomic mass is 16.3. The van der Waals surface area contributed by atoms with Crippen molar-refractivity contribution in [3.05, 3.63) is 0 Å². The lowest BCUT2D eigenvalue weighted by molar-refractivity contribution is 0.178. The summed E-state index contributed by atoms with van der Waals surface area (Å²) < 4.78 is 0. The topological polar surface area (TPSA) is 20.2 Å². The van der Waals surface area contributed by atoms with Crippen LogP contribution in [0, 0.1) is 11.8 Å². The highest BCUT2D eigenvalue weighted by molar-refractivity contribution is 4.61. The number of unbranched alkanes of at least 4 members (excludes halogenated alkanes) is 4. The van der Waals surface area contributed by atoms with Crippen molar-refractivity contribution in [2.24, 2.45) is 11.8 Å². The molecule has 1 N–H and O–H groups in total. The minimum atomic E-state index is 0.367. The molecule has 0 aliphatic heterocycles. The first-order valence-electron chi connectivity index (χ1n) is 5.83. The third kappa shape index (κ3) is 7.06. The molecule has 0 bridgehead atoms. The van der Waals surface area contributed by atoms with Crippen LogP contribution in [0.25, 0.3) is 0 Å². The van der Waals surface area contributed by atoms with Gasteiger partial charge in [-0.1, -0.05) is 52.9 Å². The van der Waals surface area contributed by atoms with Gasteiger partial charge < -0.3 is 5.11 Å². The van der Waals surface area contributed by atoms with Crippen LogP contribution in [0.2, 0.25) is 0 Å². The summed E-state index contributed by atoms with van der Waals surface area (Å²) in [5.41, 5.74) is 0. The van der Waals surface area contributed by atoms with Gasteiger partial charge >= 0.3 is 0 Å². The van der Waals surface area contributed by atoms with Crippen molar-refractivity contribution in [3.8, 4) is 0 Å². The third-order valence-corrected chi connectivity index (χ3v) is 2.86.